The number of hydrogen-bond donors (Lipinski definition) is 2. The van der Waals surface area contributed by atoms with E-state index in [2.05, 4.69) is 5.32 Å². The number of nitrogens with zero attached hydrogens (tertiary/aromatic N) is 1. The molecular formula is C15H21ClN2O3. The third-order valence-electron chi connectivity index (χ3n) is 3.19. The third kappa shape index (κ3) is 4.25. The van der Waals surface area contributed by atoms with Crippen molar-refractivity contribution in [2.45, 2.75) is 32.4 Å². The fourth-order valence-electron chi connectivity index (χ4n) is 2.25. The molecule has 0 radical (unpaired) electrons. The number of carbonyl (C=O) groups is 1. The second-order valence-electron chi connectivity index (χ2n) is 6.14. The number of phenolic OH excluding ortho intramolecular Hbond substituents is 1. The van der Waals surface area contributed by atoms with Crippen LogP contribution in [0.1, 0.15) is 32.4 Å². The molecule has 1 aromatic rings. The Morgan fingerprint density at radius 3 is 2.81 bits per heavy atom. The fraction of sp³-hybridized carbons (Fsp3) is 0.533. The first-order valence-electron chi connectivity index (χ1n) is 6.96. The maximum Gasteiger partial charge on any atom is 0.410 e. The Balaban J connectivity index is 2.08. The summed E-state index contributed by atoms with van der Waals surface area (Å²) in [5, 5.41) is 13.2. The van der Waals surface area contributed by atoms with Crippen molar-refractivity contribution in [1.82, 2.24) is 10.2 Å². The van der Waals surface area contributed by atoms with Crippen LogP contribution < -0.4 is 5.32 Å². The van der Waals surface area contributed by atoms with Gasteiger partial charge >= 0.3 is 6.09 Å². The molecule has 1 aliphatic rings. The molecule has 1 fully saturated rings. The number of hydrogen-bond acceptors (Lipinski definition) is 4. The van der Waals surface area contributed by atoms with Gasteiger partial charge in [0.05, 0.1) is 6.04 Å². The van der Waals surface area contributed by atoms with Crippen molar-refractivity contribution in [2.24, 2.45) is 0 Å². The minimum atomic E-state index is -0.506. The first kappa shape index (κ1) is 15.9. The molecule has 5 nitrogen and oxygen atoms in total. The van der Waals surface area contributed by atoms with Crippen LogP contribution in [0.5, 0.6) is 5.75 Å². The standard InChI is InChI=1S/C15H21ClN2O3/c1-15(2,3)21-14(20)18-7-6-17-13(9-18)11-5-4-10(19)8-12(11)16/h4-5,8,13,17,19H,6-7,9H2,1-3H3. The Morgan fingerprint density at radius 2 is 2.19 bits per heavy atom. The zero-order chi connectivity index (χ0) is 15.6. The molecule has 21 heavy (non-hydrogen) atoms. The molecule has 1 amide bonds. The highest BCUT2D eigenvalue weighted by Crippen LogP contribution is 2.28. The molecule has 116 valence electrons. The summed E-state index contributed by atoms with van der Waals surface area (Å²) in [5.41, 5.74) is 0.357. The SMILES string of the molecule is CC(C)(C)OC(=O)N1CCNC(c2ccc(O)cc2Cl)C1. The molecular weight excluding hydrogens is 292 g/mol. The van der Waals surface area contributed by atoms with Crippen LogP contribution in [0.3, 0.4) is 0 Å². The van der Waals surface area contributed by atoms with Crippen molar-refractivity contribution in [3.05, 3.63) is 28.8 Å². The van der Waals surface area contributed by atoms with E-state index in [1.54, 1.807) is 17.0 Å². The van der Waals surface area contributed by atoms with E-state index in [0.717, 1.165) is 5.56 Å². The summed E-state index contributed by atoms with van der Waals surface area (Å²) in [7, 11) is 0. The van der Waals surface area contributed by atoms with Gasteiger partial charge in [0.1, 0.15) is 11.4 Å². The molecule has 6 heteroatoms. The maximum absolute atomic E-state index is 12.1. The van der Waals surface area contributed by atoms with Crippen LogP contribution in [0.2, 0.25) is 5.02 Å². The lowest BCUT2D eigenvalue weighted by atomic mass is 10.0. The number of benzene rings is 1. The zero-order valence-electron chi connectivity index (χ0n) is 12.5. The minimum absolute atomic E-state index is 0.0700. The van der Waals surface area contributed by atoms with Crippen molar-refractivity contribution >= 4 is 17.7 Å². The van der Waals surface area contributed by atoms with Gasteiger partial charge in [-0.3, -0.25) is 0 Å². The predicted molar refractivity (Wildman–Crippen MR) is 81.7 cm³/mol. The van der Waals surface area contributed by atoms with E-state index in [0.29, 0.717) is 24.7 Å². The molecule has 1 saturated heterocycles. The number of aromatic hydroxyl groups is 1. The summed E-state index contributed by atoms with van der Waals surface area (Å²) < 4.78 is 5.40. The molecule has 1 aromatic carbocycles. The van der Waals surface area contributed by atoms with Gasteiger partial charge in [0.15, 0.2) is 0 Å². The Hall–Kier alpha value is -1.46. The predicted octanol–water partition coefficient (Wildman–Crippen LogP) is 2.93. The summed E-state index contributed by atoms with van der Waals surface area (Å²) >= 11 is 6.16. The van der Waals surface area contributed by atoms with Gasteiger partial charge in [-0.15, -0.1) is 0 Å². The lowest BCUT2D eigenvalue weighted by Gasteiger charge is -2.35. The van der Waals surface area contributed by atoms with Crippen LogP contribution in [-0.2, 0) is 4.74 Å². The van der Waals surface area contributed by atoms with Gasteiger partial charge in [-0.25, -0.2) is 4.79 Å². The van der Waals surface area contributed by atoms with E-state index in [4.69, 9.17) is 16.3 Å². The summed E-state index contributed by atoms with van der Waals surface area (Å²) in [6.45, 7) is 7.30. The van der Waals surface area contributed by atoms with Gasteiger partial charge in [0.2, 0.25) is 0 Å². The maximum atomic E-state index is 12.1. The monoisotopic (exact) mass is 312 g/mol. The van der Waals surface area contributed by atoms with Crippen LogP contribution in [0.15, 0.2) is 18.2 Å². The van der Waals surface area contributed by atoms with Gasteiger partial charge in [-0.2, -0.15) is 0 Å². The summed E-state index contributed by atoms with van der Waals surface area (Å²) in [6, 6.07) is 4.80. The van der Waals surface area contributed by atoms with Crippen LogP contribution in [0.4, 0.5) is 4.79 Å². The van der Waals surface area contributed by atoms with Gasteiger partial charge in [0, 0.05) is 24.7 Å². The first-order chi connectivity index (χ1) is 9.76. The van der Waals surface area contributed by atoms with E-state index in [1.165, 1.54) is 6.07 Å². The Bertz CT molecular complexity index is 528. The minimum Gasteiger partial charge on any atom is -0.508 e. The summed E-state index contributed by atoms with van der Waals surface area (Å²) in [4.78, 5) is 13.8. The fourth-order valence-corrected chi connectivity index (χ4v) is 2.56. The highest BCUT2D eigenvalue weighted by molar-refractivity contribution is 6.31. The molecule has 0 spiro atoms. The van der Waals surface area contributed by atoms with E-state index in [-0.39, 0.29) is 17.9 Å². The number of halogens is 1. The Morgan fingerprint density at radius 1 is 1.48 bits per heavy atom. The highest BCUT2D eigenvalue weighted by Gasteiger charge is 2.28. The van der Waals surface area contributed by atoms with Crippen molar-refractivity contribution in [1.29, 1.82) is 0 Å². The molecule has 1 unspecified atom stereocenters. The van der Waals surface area contributed by atoms with E-state index in [1.807, 2.05) is 20.8 Å². The van der Waals surface area contributed by atoms with Gasteiger partial charge < -0.3 is 20.1 Å². The zero-order valence-corrected chi connectivity index (χ0v) is 13.3. The normalized spacial score (nSPS) is 19.4. The molecule has 0 aromatic heterocycles. The van der Waals surface area contributed by atoms with Gasteiger partial charge in [-0.1, -0.05) is 17.7 Å². The van der Waals surface area contributed by atoms with Gasteiger partial charge in [0.25, 0.3) is 0 Å². The lowest BCUT2D eigenvalue weighted by Crippen LogP contribution is -2.49. The lowest BCUT2D eigenvalue weighted by molar-refractivity contribution is 0.0195. The number of nitrogens with one attached hydrogen (secondary N) is 1. The molecule has 1 aliphatic heterocycles. The second kappa shape index (κ2) is 6.12. The van der Waals surface area contributed by atoms with Crippen LogP contribution in [0.25, 0.3) is 0 Å². The average molecular weight is 313 g/mol. The van der Waals surface area contributed by atoms with Crippen molar-refractivity contribution < 1.29 is 14.6 Å². The molecule has 1 atom stereocenters. The number of piperazine rings is 1. The number of phenols is 1. The van der Waals surface area contributed by atoms with Crippen LogP contribution in [0, 0.1) is 0 Å². The van der Waals surface area contributed by atoms with Crippen molar-refractivity contribution in [3.8, 4) is 5.75 Å². The molecule has 2 rings (SSSR count). The number of amides is 1. The number of carbonyl (C=O) groups excluding carboxylic acids is 1. The summed E-state index contributed by atoms with van der Waals surface area (Å²) in [5.74, 6) is 0.128. The second-order valence-corrected chi connectivity index (χ2v) is 6.55. The average Bonchev–Trinajstić information content (AvgIpc) is 2.37. The smallest absolute Gasteiger partial charge is 0.410 e. The van der Waals surface area contributed by atoms with E-state index in [9.17, 15) is 9.90 Å². The summed E-state index contributed by atoms with van der Waals surface area (Å²) in [6.07, 6.45) is -0.316. The third-order valence-corrected chi connectivity index (χ3v) is 3.51. The molecule has 2 N–H and O–H groups in total. The van der Waals surface area contributed by atoms with E-state index >= 15 is 0 Å². The number of rotatable bonds is 1. The van der Waals surface area contributed by atoms with Crippen molar-refractivity contribution in [2.75, 3.05) is 19.6 Å². The van der Waals surface area contributed by atoms with Crippen LogP contribution >= 0.6 is 11.6 Å². The molecule has 0 saturated carbocycles. The first-order valence-corrected chi connectivity index (χ1v) is 7.34. The topological polar surface area (TPSA) is 61.8 Å². The highest BCUT2D eigenvalue weighted by atomic mass is 35.5. The number of ether oxygens (including phenoxy) is 1. The molecule has 0 aliphatic carbocycles. The van der Waals surface area contributed by atoms with Crippen LogP contribution in [-0.4, -0.2) is 41.3 Å². The largest absolute Gasteiger partial charge is 0.508 e. The molecule has 0 bridgehead atoms. The van der Waals surface area contributed by atoms with E-state index < -0.39 is 5.60 Å². The Kier molecular flexibility index (Phi) is 4.64. The quantitative estimate of drug-likeness (QED) is 0.837. The van der Waals surface area contributed by atoms with Crippen molar-refractivity contribution in [3.63, 3.8) is 0 Å². The molecule has 1 heterocycles. The Labute approximate surface area is 129 Å². The van der Waals surface area contributed by atoms with Gasteiger partial charge in [-0.05, 0) is 38.5 Å².